The van der Waals surface area contributed by atoms with Crippen molar-refractivity contribution < 1.29 is 4.79 Å². The SMILES string of the molecule is Cc1cc(-c2cccs2)nc([C@@H]2CCCN(C(=O)c3snnc3C)C2)n1. The third kappa shape index (κ3) is 3.39. The van der Waals surface area contributed by atoms with E-state index in [2.05, 4.69) is 26.0 Å². The average molecular weight is 386 g/mol. The van der Waals surface area contributed by atoms with Gasteiger partial charge in [-0.15, -0.1) is 16.4 Å². The van der Waals surface area contributed by atoms with Crippen molar-refractivity contribution in [2.24, 2.45) is 0 Å². The Bertz CT molecular complexity index is 922. The zero-order valence-corrected chi connectivity index (χ0v) is 16.3. The number of aromatic nitrogens is 4. The number of piperidine rings is 1. The van der Waals surface area contributed by atoms with Gasteiger partial charge in [0.25, 0.3) is 5.91 Å². The monoisotopic (exact) mass is 385 g/mol. The lowest BCUT2D eigenvalue weighted by molar-refractivity contribution is 0.0708. The number of aryl methyl sites for hydroxylation is 2. The van der Waals surface area contributed by atoms with Crippen LogP contribution in [0.4, 0.5) is 0 Å². The van der Waals surface area contributed by atoms with Crippen LogP contribution in [0.1, 0.15) is 45.6 Å². The third-order valence-electron chi connectivity index (χ3n) is 4.56. The summed E-state index contributed by atoms with van der Waals surface area (Å²) in [4.78, 5) is 26.0. The largest absolute Gasteiger partial charge is 0.337 e. The van der Waals surface area contributed by atoms with Gasteiger partial charge in [0.2, 0.25) is 0 Å². The summed E-state index contributed by atoms with van der Waals surface area (Å²) in [5, 5.41) is 6.01. The van der Waals surface area contributed by atoms with Gasteiger partial charge in [0.15, 0.2) is 0 Å². The number of amides is 1. The molecule has 0 radical (unpaired) electrons. The van der Waals surface area contributed by atoms with Gasteiger partial charge >= 0.3 is 0 Å². The van der Waals surface area contributed by atoms with E-state index in [-0.39, 0.29) is 11.8 Å². The third-order valence-corrected chi connectivity index (χ3v) is 6.27. The fraction of sp³-hybridized carbons (Fsp3) is 0.389. The first-order chi connectivity index (χ1) is 12.6. The highest BCUT2D eigenvalue weighted by Gasteiger charge is 2.29. The van der Waals surface area contributed by atoms with Crippen LogP contribution in [0.2, 0.25) is 0 Å². The van der Waals surface area contributed by atoms with Crippen molar-refractivity contribution in [2.75, 3.05) is 13.1 Å². The van der Waals surface area contributed by atoms with Gasteiger partial charge in [-0.25, -0.2) is 9.97 Å². The van der Waals surface area contributed by atoms with Crippen LogP contribution in [0.5, 0.6) is 0 Å². The van der Waals surface area contributed by atoms with Crippen molar-refractivity contribution in [3.63, 3.8) is 0 Å². The van der Waals surface area contributed by atoms with Crippen molar-refractivity contribution in [1.29, 1.82) is 0 Å². The van der Waals surface area contributed by atoms with Crippen LogP contribution in [-0.2, 0) is 0 Å². The van der Waals surface area contributed by atoms with Crippen LogP contribution in [0, 0.1) is 13.8 Å². The second-order valence-electron chi connectivity index (χ2n) is 6.51. The van der Waals surface area contributed by atoms with Gasteiger partial charge in [-0.2, -0.15) is 0 Å². The number of likely N-dealkylation sites (tertiary alicyclic amines) is 1. The summed E-state index contributed by atoms with van der Waals surface area (Å²) in [7, 11) is 0. The molecule has 8 heteroatoms. The molecule has 1 amide bonds. The first-order valence-corrected chi connectivity index (χ1v) is 10.2. The maximum atomic E-state index is 12.8. The number of hydrogen-bond acceptors (Lipinski definition) is 7. The predicted octanol–water partition coefficient (Wildman–Crippen LogP) is 3.69. The molecule has 0 N–H and O–H groups in total. The first-order valence-electron chi connectivity index (χ1n) is 8.59. The summed E-state index contributed by atoms with van der Waals surface area (Å²) in [6.45, 7) is 5.23. The molecule has 3 aromatic heterocycles. The maximum absolute atomic E-state index is 12.8. The number of hydrogen-bond donors (Lipinski definition) is 0. The zero-order valence-electron chi connectivity index (χ0n) is 14.7. The Morgan fingerprint density at radius 3 is 2.92 bits per heavy atom. The smallest absolute Gasteiger partial charge is 0.267 e. The van der Waals surface area contributed by atoms with Gasteiger partial charge < -0.3 is 4.90 Å². The number of nitrogens with zero attached hydrogens (tertiary/aromatic N) is 5. The summed E-state index contributed by atoms with van der Waals surface area (Å²) in [5.74, 6) is 1.02. The maximum Gasteiger partial charge on any atom is 0.267 e. The summed E-state index contributed by atoms with van der Waals surface area (Å²) in [5.41, 5.74) is 2.63. The van der Waals surface area contributed by atoms with E-state index in [0.717, 1.165) is 41.5 Å². The minimum atomic E-state index is 0.0216. The molecule has 0 aromatic carbocycles. The van der Waals surface area contributed by atoms with Crippen LogP contribution in [-0.4, -0.2) is 43.5 Å². The lowest BCUT2D eigenvalue weighted by atomic mass is 9.96. The molecule has 0 spiro atoms. The lowest BCUT2D eigenvalue weighted by Crippen LogP contribution is -2.39. The average Bonchev–Trinajstić information content (AvgIpc) is 3.32. The minimum Gasteiger partial charge on any atom is -0.337 e. The normalized spacial score (nSPS) is 17.5. The van der Waals surface area contributed by atoms with Crippen molar-refractivity contribution in [2.45, 2.75) is 32.6 Å². The van der Waals surface area contributed by atoms with Gasteiger partial charge in [-0.1, -0.05) is 10.6 Å². The second-order valence-corrected chi connectivity index (χ2v) is 8.21. The summed E-state index contributed by atoms with van der Waals surface area (Å²) in [6.07, 6.45) is 1.95. The van der Waals surface area contributed by atoms with E-state index >= 15 is 0 Å². The fourth-order valence-electron chi connectivity index (χ4n) is 3.27. The molecule has 0 unspecified atom stereocenters. The van der Waals surface area contributed by atoms with E-state index in [1.54, 1.807) is 11.3 Å². The highest BCUT2D eigenvalue weighted by atomic mass is 32.1. The summed E-state index contributed by atoms with van der Waals surface area (Å²) >= 11 is 2.85. The van der Waals surface area contributed by atoms with Crippen molar-refractivity contribution in [3.05, 3.63) is 45.7 Å². The number of carbonyl (C=O) groups is 1. The van der Waals surface area contributed by atoms with Gasteiger partial charge in [0.05, 0.1) is 16.3 Å². The van der Waals surface area contributed by atoms with Crippen LogP contribution < -0.4 is 0 Å². The molecule has 0 aliphatic carbocycles. The molecule has 134 valence electrons. The molecule has 4 rings (SSSR count). The van der Waals surface area contributed by atoms with E-state index in [1.165, 1.54) is 11.5 Å². The Morgan fingerprint density at radius 2 is 2.19 bits per heavy atom. The summed E-state index contributed by atoms with van der Waals surface area (Å²) < 4.78 is 3.89. The zero-order chi connectivity index (χ0) is 18.1. The molecule has 1 atom stereocenters. The molecule has 1 fully saturated rings. The Labute approximate surface area is 160 Å². The van der Waals surface area contributed by atoms with Crippen molar-refractivity contribution >= 4 is 28.8 Å². The number of thiophene rings is 1. The molecule has 0 saturated carbocycles. The number of rotatable bonds is 3. The molecule has 1 aliphatic rings. The second kappa shape index (κ2) is 7.20. The van der Waals surface area contributed by atoms with Crippen LogP contribution in [0.25, 0.3) is 10.6 Å². The number of carbonyl (C=O) groups excluding carboxylic acids is 1. The molecule has 4 heterocycles. The first kappa shape index (κ1) is 17.2. The van der Waals surface area contributed by atoms with Gasteiger partial charge in [0, 0.05) is 24.7 Å². The summed E-state index contributed by atoms with van der Waals surface area (Å²) in [6, 6.07) is 6.13. The van der Waals surface area contributed by atoms with Crippen LogP contribution in [0.15, 0.2) is 23.6 Å². The van der Waals surface area contributed by atoms with Crippen LogP contribution in [0.3, 0.4) is 0 Å². The molecule has 6 nitrogen and oxygen atoms in total. The molecule has 0 bridgehead atoms. The Hall–Kier alpha value is -2.19. The van der Waals surface area contributed by atoms with Gasteiger partial charge in [0.1, 0.15) is 10.7 Å². The standard InChI is InChI=1S/C18H19N5OS2/c1-11-9-14(15-6-4-8-25-15)20-17(19-11)13-5-3-7-23(10-13)18(24)16-12(2)21-22-26-16/h4,6,8-9,13H,3,5,7,10H2,1-2H3/t13-/m1/s1. The van der Waals surface area contributed by atoms with Crippen molar-refractivity contribution in [1.82, 2.24) is 24.5 Å². The van der Waals surface area contributed by atoms with E-state index in [9.17, 15) is 4.79 Å². The van der Waals surface area contributed by atoms with Crippen molar-refractivity contribution in [3.8, 4) is 10.6 Å². The molecular weight excluding hydrogens is 366 g/mol. The van der Waals surface area contributed by atoms with E-state index in [0.29, 0.717) is 17.1 Å². The molecular formula is C18H19N5OS2. The Morgan fingerprint density at radius 1 is 1.31 bits per heavy atom. The Balaban J connectivity index is 1.58. The lowest BCUT2D eigenvalue weighted by Gasteiger charge is -2.32. The van der Waals surface area contributed by atoms with Crippen LogP contribution >= 0.6 is 22.9 Å². The van der Waals surface area contributed by atoms with Gasteiger partial charge in [-0.05, 0) is 55.7 Å². The predicted molar refractivity (Wildman–Crippen MR) is 103 cm³/mol. The van der Waals surface area contributed by atoms with E-state index in [4.69, 9.17) is 4.98 Å². The topological polar surface area (TPSA) is 71.9 Å². The highest BCUT2D eigenvalue weighted by Crippen LogP contribution is 2.29. The quantitative estimate of drug-likeness (QED) is 0.687. The Kier molecular flexibility index (Phi) is 4.78. The van der Waals surface area contributed by atoms with Gasteiger partial charge in [-0.3, -0.25) is 4.79 Å². The molecule has 1 saturated heterocycles. The molecule has 1 aliphatic heterocycles. The molecule has 3 aromatic rings. The molecule has 26 heavy (non-hydrogen) atoms. The minimum absolute atomic E-state index is 0.0216. The van der Waals surface area contributed by atoms with E-state index < -0.39 is 0 Å². The van der Waals surface area contributed by atoms with E-state index in [1.807, 2.05) is 30.9 Å². The highest BCUT2D eigenvalue weighted by molar-refractivity contribution is 7.13. The fourth-order valence-corrected chi connectivity index (χ4v) is 4.58.